The van der Waals surface area contributed by atoms with Crippen LogP contribution in [0.5, 0.6) is 0 Å². The minimum absolute atomic E-state index is 0.0116. The van der Waals surface area contributed by atoms with Crippen LogP contribution in [0.1, 0.15) is 39.4 Å². The van der Waals surface area contributed by atoms with E-state index in [1.54, 1.807) is 21.9 Å². The lowest BCUT2D eigenvalue weighted by Crippen LogP contribution is -2.49. The highest BCUT2D eigenvalue weighted by atomic mass is 16.1. The summed E-state index contributed by atoms with van der Waals surface area (Å²) in [6, 6.07) is -0.0974. The summed E-state index contributed by atoms with van der Waals surface area (Å²) >= 11 is 0. The predicted molar refractivity (Wildman–Crippen MR) is 56.0 cm³/mol. The van der Waals surface area contributed by atoms with Crippen LogP contribution in [0.2, 0.25) is 0 Å². The maximum atomic E-state index is 12.1. The molecule has 1 aliphatic rings. The first-order valence-electron chi connectivity index (χ1n) is 4.98. The molecule has 1 unspecified atom stereocenters. The van der Waals surface area contributed by atoms with Crippen LogP contribution in [-0.2, 0) is 5.54 Å². The largest absolute Gasteiger partial charge is 0.306 e. The number of hydrogen-bond donors (Lipinski definition) is 0. The summed E-state index contributed by atoms with van der Waals surface area (Å²) in [7, 11) is 0. The van der Waals surface area contributed by atoms with Gasteiger partial charge in [-0.3, -0.25) is 9.36 Å². The molecule has 0 aromatic carbocycles. The molecule has 0 N–H and O–H groups in total. The Labute approximate surface area is 88.1 Å². The van der Waals surface area contributed by atoms with Crippen molar-refractivity contribution in [1.29, 1.82) is 0 Å². The summed E-state index contributed by atoms with van der Waals surface area (Å²) < 4.78 is 3.19. The van der Waals surface area contributed by atoms with Crippen LogP contribution in [0.3, 0.4) is 0 Å². The third kappa shape index (κ3) is 1.48. The Bertz CT molecular complexity index is 481. The van der Waals surface area contributed by atoms with Gasteiger partial charge in [-0.15, -0.1) is 0 Å². The summed E-state index contributed by atoms with van der Waals surface area (Å²) in [5.74, 6) is 0. The molecule has 0 aliphatic carbocycles. The highest BCUT2D eigenvalue weighted by molar-refractivity contribution is 5.46. The second-order valence-corrected chi connectivity index (χ2v) is 4.75. The zero-order valence-electron chi connectivity index (χ0n) is 9.43. The van der Waals surface area contributed by atoms with Gasteiger partial charge in [-0.1, -0.05) is 14.8 Å². The minimum atomic E-state index is -0.248. The van der Waals surface area contributed by atoms with Gasteiger partial charge in [0.05, 0.1) is 0 Å². The Kier molecular flexibility index (Phi) is 1.99. The molecule has 0 bridgehead atoms. The maximum Gasteiger partial charge on any atom is 0.306 e. The SMILES string of the molecule is CC1N=C[n+]2ncn(C(C)(C)C)c(=O)c21. The van der Waals surface area contributed by atoms with Gasteiger partial charge in [0.2, 0.25) is 11.7 Å². The average Bonchev–Trinajstić information content (AvgIpc) is 2.46. The molecule has 0 saturated heterocycles. The van der Waals surface area contributed by atoms with Gasteiger partial charge in [-0.2, -0.15) is 0 Å². The van der Waals surface area contributed by atoms with Crippen LogP contribution in [-0.4, -0.2) is 16.0 Å². The average molecular weight is 207 g/mol. The number of rotatable bonds is 0. The fourth-order valence-corrected chi connectivity index (χ4v) is 1.62. The Morgan fingerprint density at radius 1 is 1.47 bits per heavy atom. The van der Waals surface area contributed by atoms with Crippen molar-refractivity contribution in [3.8, 4) is 0 Å². The van der Waals surface area contributed by atoms with Gasteiger partial charge in [-0.25, -0.2) is 0 Å². The normalized spacial score (nSPS) is 19.3. The molecule has 80 valence electrons. The summed E-state index contributed by atoms with van der Waals surface area (Å²) in [6.07, 6.45) is 3.16. The van der Waals surface area contributed by atoms with E-state index in [-0.39, 0.29) is 17.1 Å². The fourth-order valence-electron chi connectivity index (χ4n) is 1.62. The second kappa shape index (κ2) is 2.98. The zero-order chi connectivity index (χ0) is 11.2. The summed E-state index contributed by atoms with van der Waals surface area (Å²) in [6.45, 7) is 7.83. The van der Waals surface area contributed by atoms with Gasteiger partial charge in [-0.05, 0) is 27.7 Å². The molecule has 0 radical (unpaired) electrons. The molecule has 1 aliphatic heterocycles. The standard InChI is InChI=1S/C10H15N4O/c1-7-8-9(15)13(10(2,3)4)6-12-14(8)5-11-7/h5-7H,1-4H3/q+1. The van der Waals surface area contributed by atoms with E-state index in [0.29, 0.717) is 5.69 Å². The van der Waals surface area contributed by atoms with E-state index < -0.39 is 0 Å². The van der Waals surface area contributed by atoms with Gasteiger partial charge in [0.1, 0.15) is 6.33 Å². The maximum absolute atomic E-state index is 12.1. The predicted octanol–water partition coefficient (Wildman–Crippen LogP) is 0.237. The summed E-state index contributed by atoms with van der Waals surface area (Å²) in [5.41, 5.74) is 0.372. The molecule has 1 atom stereocenters. The molecular weight excluding hydrogens is 192 g/mol. The summed E-state index contributed by atoms with van der Waals surface area (Å²) in [5, 5.41) is 4.17. The Hall–Kier alpha value is -1.52. The van der Waals surface area contributed by atoms with Crippen LogP contribution < -0.4 is 10.2 Å². The smallest absolute Gasteiger partial charge is 0.287 e. The van der Waals surface area contributed by atoms with Crippen molar-refractivity contribution in [2.75, 3.05) is 0 Å². The number of aliphatic imine (C=N–C) groups is 1. The quantitative estimate of drug-likeness (QED) is 0.572. The van der Waals surface area contributed by atoms with E-state index in [2.05, 4.69) is 10.1 Å². The lowest BCUT2D eigenvalue weighted by Gasteiger charge is -2.21. The zero-order valence-corrected chi connectivity index (χ0v) is 9.43. The molecule has 0 spiro atoms. The molecule has 0 fully saturated rings. The number of nitrogens with zero attached hydrogens (tertiary/aromatic N) is 4. The lowest BCUT2D eigenvalue weighted by molar-refractivity contribution is -0.619. The monoisotopic (exact) mass is 207 g/mol. The second-order valence-electron chi connectivity index (χ2n) is 4.75. The number of aromatic nitrogens is 3. The highest BCUT2D eigenvalue weighted by Crippen LogP contribution is 2.13. The lowest BCUT2D eigenvalue weighted by atomic mass is 10.1. The highest BCUT2D eigenvalue weighted by Gasteiger charge is 2.31. The molecule has 5 nitrogen and oxygen atoms in total. The van der Waals surface area contributed by atoms with E-state index >= 15 is 0 Å². The van der Waals surface area contributed by atoms with Gasteiger partial charge in [0.15, 0.2) is 0 Å². The van der Waals surface area contributed by atoms with Gasteiger partial charge < -0.3 is 0 Å². The van der Waals surface area contributed by atoms with Gasteiger partial charge >= 0.3 is 11.9 Å². The molecule has 0 amide bonds. The van der Waals surface area contributed by atoms with Crippen molar-refractivity contribution >= 4 is 6.34 Å². The van der Waals surface area contributed by atoms with Crippen molar-refractivity contribution in [3.05, 3.63) is 22.4 Å². The topological polar surface area (TPSA) is 51.1 Å². The number of fused-ring (bicyclic) bond motifs is 1. The van der Waals surface area contributed by atoms with Crippen LogP contribution in [0.25, 0.3) is 0 Å². The molecule has 0 saturated carbocycles. The van der Waals surface area contributed by atoms with Crippen LogP contribution in [0.4, 0.5) is 0 Å². The third-order valence-electron chi connectivity index (χ3n) is 2.49. The van der Waals surface area contributed by atoms with Gasteiger partial charge in [0, 0.05) is 5.54 Å². The van der Waals surface area contributed by atoms with Crippen molar-refractivity contribution < 1.29 is 4.68 Å². The molecule has 1 aromatic rings. The minimum Gasteiger partial charge on any atom is -0.287 e. The van der Waals surface area contributed by atoms with E-state index in [9.17, 15) is 4.79 Å². The van der Waals surface area contributed by atoms with Crippen molar-refractivity contribution in [3.63, 3.8) is 0 Å². The van der Waals surface area contributed by atoms with E-state index in [1.165, 1.54) is 0 Å². The molecule has 1 aromatic heterocycles. The van der Waals surface area contributed by atoms with Crippen LogP contribution in [0.15, 0.2) is 16.1 Å². The first-order chi connectivity index (χ1) is 6.91. The Morgan fingerprint density at radius 2 is 2.13 bits per heavy atom. The summed E-state index contributed by atoms with van der Waals surface area (Å²) in [4.78, 5) is 16.3. The molecule has 5 heteroatoms. The van der Waals surface area contributed by atoms with E-state index in [1.807, 2.05) is 27.7 Å². The third-order valence-corrected chi connectivity index (χ3v) is 2.49. The number of hydrogen-bond acceptors (Lipinski definition) is 3. The van der Waals surface area contributed by atoms with Crippen molar-refractivity contribution in [2.45, 2.75) is 39.3 Å². The molecular formula is C10H15N4O+. The van der Waals surface area contributed by atoms with E-state index in [0.717, 1.165) is 0 Å². The van der Waals surface area contributed by atoms with Gasteiger partial charge in [0.25, 0.3) is 0 Å². The molecule has 15 heavy (non-hydrogen) atoms. The van der Waals surface area contributed by atoms with Crippen LogP contribution in [0, 0.1) is 0 Å². The van der Waals surface area contributed by atoms with E-state index in [4.69, 9.17) is 0 Å². The first kappa shape index (κ1) is 10.0. The fraction of sp³-hybridized carbons (Fsp3) is 0.600. The van der Waals surface area contributed by atoms with Crippen molar-refractivity contribution in [2.24, 2.45) is 4.99 Å². The van der Waals surface area contributed by atoms with Crippen LogP contribution >= 0.6 is 0 Å². The first-order valence-corrected chi connectivity index (χ1v) is 4.98. The molecule has 2 rings (SSSR count). The Balaban J connectivity index is 2.67. The van der Waals surface area contributed by atoms with Crippen molar-refractivity contribution in [1.82, 2.24) is 9.67 Å². The molecule has 2 heterocycles. The Morgan fingerprint density at radius 3 is 2.73 bits per heavy atom.